The lowest BCUT2D eigenvalue weighted by atomic mass is 10.0. The zero-order valence-corrected chi connectivity index (χ0v) is 13.5. The quantitative estimate of drug-likeness (QED) is 0.700. The Hall–Kier alpha value is -3.29. The molecule has 0 spiro atoms. The molecule has 4 N–H and O–H groups in total. The molecule has 2 amide bonds. The first kappa shape index (κ1) is 19.0. The van der Waals surface area contributed by atoms with Crippen LogP contribution in [0.2, 0.25) is 0 Å². The van der Waals surface area contributed by atoms with E-state index in [2.05, 4.69) is 5.32 Å². The second-order valence-electron chi connectivity index (χ2n) is 5.57. The highest BCUT2D eigenvalue weighted by Gasteiger charge is 2.20. The number of hydrogen-bond donors (Lipinski definition) is 3. The van der Waals surface area contributed by atoms with Gasteiger partial charge in [-0.15, -0.1) is 0 Å². The Kier molecular flexibility index (Phi) is 6.00. The zero-order chi connectivity index (χ0) is 19.3. The van der Waals surface area contributed by atoms with Gasteiger partial charge in [0.05, 0.1) is 0 Å². The number of rotatable bonds is 7. The maximum Gasteiger partial charge on any atom is 0.303 e. The molecule has 0 saturated heterocycles. The van der Waals surface area contributed by atoms with Crippen molar-refractivity contribution in [2.75, 3.05) is 0 Å². The first-order valence-electron chi connectivity index (χ1n) is 7.65. The molecular formula is C18H16F2N2O4. The summed E-state index contributed by atoms with van der Waals surface area (Å²) in [6.07, 6.45) is -0.438. The van der Waals surface area contributed by atoms with E-state index in [1.807, 2.05) is 0 Å². The van der Waals surface area contributed by atoms with E-state index in [1.165, 1.54) is 30.3 Å². The van der Waals surface area contributed by atoms with Crippen LogP contribution in [0.15, 0.2) is 42.5 Å². The molecule has 2 aromatic carbocycles. The van der Waals surface area contributed by atoms with Gasteiger partial charge in [0.15, 0.2) is 11.6 Å². The number of carbonyl (C=O) groups excluding carboxylic acids is 2. The fourth-order valence-electron chi connectivity index (χ4n) is 2.28. The van der Waals surface area contributed by atoms with Crippen molar-refractivity contribution < 1.29 is 28.3 Å². The fraction of sp³-hybridized carbons (Fsp3) is 0.167. The van der Waals surface area contributed by atoms with Gasteiger partial charge in [0.2, 0.25) is 5.91 Å². The van der Waals surface area contributed by atoms with E-state index in [-0.39, 0.29) is 18.4 Å². The van der Waals surface area contributed by atoms with Crippen molar-refractivity contribution >= 4 is 17.8 Å². The van der Waals surface area contributed by atoms with E-state index < -0.39 is 35.5 Å². The first-order chi connectivity index (χ1) is 12.3. The van der Waals surface area contributed by atoms with Crippen LogP contribution in [-0.2, 0) is 9.59 Å². The Morgan fingerprint density at radius 2 is 1.62 bits per heavy atom. The summed E-state index contributed by atoms with van der Waals surface area (Å²) in [4.78, 5) is 34.1. The number of halogens is 2. The monoisotopic (exact) mass is 362 g/mol. The Morgan fingerprint density at radius 1 is 1.00 bits per heavy atom. The summed E-state index contributed by atoms with van der Waals surface area (Å²) in [5.41, 5.74) is 6.37. The third kappa shape index (κ3) is 4.85. The summed E-state index contributed by atoms with van der Waals surface area (Å²) >= 11 is 0. The van der Waals surface area contributed by atoms with E-state index >= 15 is 0 Å². The summed E-state index contributed by atoms with van der Waals surface area (Å²) in [6.45, 7) is 0. The van der Waals surface area contributed by atoms with Crippen LogP contribution >= 0.6 is 0 Å². The van der Waals surface area contributed by atoms with Crippen molar-refractivity contribution in [3.63, 3.8) is 0 Å². The maximum absolute atomic E-state index is 13.3. The van der Waals surface area contributed by atoms with Gasteiger partial charge in [-0.3, -0.25) is 14.4 Å². The van der Waals surface area contributed by atoms with Gasteiger partial charge in [-0.05, 0) is 41.8 Å². The van der Waals surface area contributed by atoms with E-state index in [0.29, 0.717) is 11.1 Å². The van der Waals surface area contributed by atoms with Crippen molar-refractivity contribution in [2.45, 2.75) is 18.9 Å². The third-order valence-corrected chi connectivity index (χ3v) is 3.70. The summed E-state index contributed by atoms with van der Waals surface area (Å²) in [6, 6.07) is 8.32. The standard InChI is InChI=1S/C18H16F2N2O4/c19-13-6-5-12(9-14(13)20)10-1-3-11(4-2-10)18(26)22-15(17(21)25)7-8-16(23)24/h1-6,9,15H,7-8H2,(H2,21,25)(H,22,26)(H,23,24)/t15-/m0/s1. The molecule has 6 nitrogen and oxygen atoms in total. The largest absolute Gasteiger partial charge is 0.481 e. The highest BCUT2D eigenvalue weighted by Crippen LogP contribution is 2.22. The summed E-state index contributed by atoms with van der Waals surface area (Å²) in [5.74, 6) is -4.48. The molecule has 2 aromatic rings. The molecule has 0 saturated carbocycles. The minimum absolute atomic E-state index is 0.122. The van der Waals surface area contributed by atoms with Gasteiger partial charge in [-0.25, -0.2) is 8.78 Å². The van der Waals surface area contributed by atoms with Crippen molar-refractivity contribution in [1.82, 2.24) is 5.32 Å². The molecule has 0 aliphatic heterocycles. The molecule has 0 unspecified atom stereocenters. The zero-order valence-electron chi connectivity index (χ0n) is 13.5. The van der Waals surface area contributed by atoms with Crippen molar-refractivity contribution in [1.29, 1.82) is 0 Å². The number of carboxylic acid groups (broad SMARTS) is 1. The summed E-state index contributed by atoms with van der Waals surface area (Å²) in [5, 5.41) is 11.0. The molecule has 0 heterocycles. The van der Waals surface area contributed by atoms with Gasteiger partial charge in [-0.2, -0.15) is 0 Å². The van der Waals surface area contributed by atoms with E-state index in [1.54, 1.807) is 0 Å². The number of hydrogen-bond acceptors (Lipinski definition) is 3. The Balaban J connectivity index is 2.11. The Bertz CT molecular complexity index is 838. The number of aliphatic carboxylic acids is 1. The van der Waals surface area contributed by atoms with Crippen LogP contribution in [0.4, 0.5) is 8.78 Å². The topological polar surface area (TPSA) is 109 Å². The minimum atomic E-state index is -1.11. The Morgan fingerprint density at radius 3 is 2.15 bits per heavy atom. The molecule has 8 heteroatoms. The minimum Gasteiger partial charge on any atom is -0.481 e. The third-order valence-electron chi connectivity index (χ3n) is 3.70. The van der Waals surface area contributed by atoms with Crippen LogP contribution in [0.1, 0.15) is 23.2 Å². The van der Waals surface area contributed by atoms with Gasteiger partial charge < -0.3 is 16.2 Å². The molecule has 0 bridgehead atoms. The normalized spacial score (nSPS) is 11.6. The van der Waals surface area contributed by atoms with Crippen LogP contribution in [0.3, 0.4) is 0 Å². The van der Waals surface area contributed by atoms with Gasteiger partial charge in [-0.1, -0.05) is 18.2 Å². The van der Waals surface area contributed by atoms with Gasteiger partial charge in [0, 0.05) is 12.0 Å². The molecule has 0 aliphatic rings. The van der Waals surface area contributed by atoms with Crippen LogP contribution in [0.5, 0.6) is 0 Å². The molecule has 26 heavy (non-hydrogen) atoms. The van der Waals surface area contributed by atoms with E-state index in [9.17, 15) is 23.2 Å². The number of carboxylic acids is 1. The van der Waals surface area contributed by atoms with Gasteiger partial charge in [0.25, 0.3) is 5.91 Å². The second-order valence-corrected chi connectivity index (χ2v) is 5.57. The molecule has 136 valence electrons. The Labute approximate surface area is 147 Å². The maximum atomic E-state index is 13.3. The number of benzene rings is 2. The summed E-state index contributed by atoms with van der Waals surface area (Å²) in [7, 11) is 0. The molecule has 0 fully saturated rings. The lowest BCUT2D eigenvalue weighted by Crippen LogP contribution is -2.44. The molecule has 2 rings (SSSR count). The number of carbonyl (C=O) groups is 3. The lowest BCUT2D eigenvalue weighted by molar-refractivity contribution is -0.137. The second kappa shape index (κ2) is 8.19. The molecular weight excluding hydrogens is 346 g/mol. The van der Waals surface area contributed by atoms with Gasteiger partial charge >= 0.3 is 5.97 Å². The number of nitrogens with one attached hydrogen (secondary N) is 1. The van der Waals surface area contributed by atoms with Crippen LogP contribution in [0.25, 0.3) is 11.1 Å². The van der Waals surface area contributed by atoms with Crippen LogP contribution in [0, 0.1) is 11.6 Å². The van der Waals surface area contributed by atoms with E-state index in [0.717, 1.165) is 12.1 Å². The molecule has 0 aliphatic carbocycles. The smallest absolute Gasteiger partial charge is 0.303 e. The summed E-state index contributed by atoms with van der Waals surface area (Å²) < 4.78 is 26.3. The number of amides is 2. The fourth-order valence-corrected chi connectivity index (χ4v) is 2.28. The van der Waals surface area contributed by atoms with Crippen molar-refractivity contribution in [3.05, 3.63) is 59.7 Å². The van der Waals surface area contributed by atoms with E-state index in [4.69, 9.17) is 10.8 Å². The van der Waals surface area contributed by atoms with Crippen molar-refractivity contribution in [3.8, 4) is 11.1 Å². The van der Waals surface area contributed by atoms with Crippen LogP contribution < -0.4 is 11.1 Å². The number of nitrogens with two attached hydrogens (primary N) is 1. The average Bonchev–Trinajstić information content (AvgIpc) is 2.60. The SMILES string of the molecule is NC(=O)[C@H](CCC(=O)O)NC(=O)c1ccc(-c2ccc(F)c(F)c2)cc1. The molecule has 0 radical (unpaired) electrons. The highest BCUT2D eigenvalue weighted by molar-refractivity contribution is 5.97. The predicted octanol–water partition coefficient (Wildman–Crippen LogP) is 2.08. The van der Waals surface area contributed by atoms with Crippen molar-refractivity contribution in [2.24, 2.45) is 5.73 Å². The lowest BCUT2D eigenvalue weighted by Gasteiger charge is -2.14. The average molecular weight is 362 g/mol. The number of primary amides is 1. The van der Waals surface area contributed by atoms with Gasteiger partial charge in [0.1, 0.15) is 6.04 Å². The highest BCUT2D eigenvalue weighted by atomic mass is 19.2. The first-order valence-corrected chi connectivity index (χ1v) is 7.65. The molecule has 0 aromatic heterocycles. The molecule has 1 atom stereocenters. The predicted molar refractivity (Wildman–Crippen MR) is 89.1 cm³/mol. The van der Waals surface area contributed by atoms with Crippen LogP contribution in [-0.4, -0.2) is 28.9 Å².